The minimum atomic E-state index is -2.08. The van der Waals surface area contributed by atoms with Crippen molar-refractivity contribution in [3.05, 3.63) is 0 Å². The Morgan fingerprint density at radius 1 is 0.714 bits per heavy atom. The molecule has 13 heteroatoms. The lowest BCUT2D eigenvalue weighted by Crippen LogP contribution is -2.57. The van der Waals surface area contributed by atoms with Crippen LogP contribution in [-0.2, 0) is 9.59 Å². The van der Waals surface area contributed by atoms with Gasteiger partial charge in [0.25, 0.3) is 11.8 Å². The topological polar surface area (TPSA) is 228 Å². The van der Waals surface area contributed by atoms with Crippen LogP contribution in [0.5, 0.6) is 0 Å². The second kappa shape index (κ2) is 20.6. The van der Waals surface area contributed by atoms with E-state index < -0.39 is 41.8 Å². The smallest absolute Gasteiger partial charge is 0.252 e. The zero-order valence-corrected chi connectivity index (χ0v) is 26.7. The van der Waals surface area contributed by atoms with Crippen LogP contribution < -0.4 is 27.4 Å². The molecular formula is C29H59N7O6. The second-order valence-corrected chi connectivity index (χ2v) is 11.7. The van der Waals surface area contributed by atoms with E-state index in [0.717, 1.165) is 45.1 Å². The van der Waals surface area contributed by atoms with Gasteiger partial charge in [0.15, 0.2) is 12.2 Å². The van der Waals surface area contributed by atoms with Crippen LogP contribution in [0, 0.1) is 0 Å². The van der Waals surface area contributed by atoms with Crippen molar-refractivity contribution >= 4 is 23.5 Å². The van der Waals surface area contributed by atoms with Crippen LogP contribution >= 0.6 is 0 Å². The normalized spacial score (nSPS) is 16.0. The second-order valence-electron chi connectivity index (χ2n) is 11.7. The molecule has 0 aromatic carbocycles. The van der Waals surface area contributed by atoms with E-state index in [9.17, 15) is 30.0 Å². The van der Waals surface area contributed by atoms with Gasteiger partial charge in [-0.15, -0.1) is 0 Å². The summed E-state index contributed by atoms with van der Waals surface area (Å²) in [5, 5.41) is 49.0. The molecule has 0 aromatic heterocycles. The first kappa shape index (κ1) is 39.7. The Morgan fingerprint density at radius 3 is 1.62 bits per heavy atom. The Labute approximate surface area is 252 Å². The number of unbranched alkanes of at least 4 members (excludes halogenated alkanes) is 3. The Kier molecular flexibility index (Phi) is 19.4. The highest BCUT2D eigenvalue weighted by molar-refractivity contribution is 5.84. The first-order chi connectivity index (χ1) is 19.6. The minimum Gasteiger partial charge on any atom is -0.387 e. The van der Waals surface area contributed by atoms with E-state index >= 15 is 0 Å². The summed E-state index contributed by atoms with van der Waals surface area (Å²) in [4.78, 5) is 33.1. The van der Waals surface area contributed by atoms with Crippen LogP contribution in [0.2, 0.25) is 0 Å². The number of carbonyl (C=O) groups is 2. The Bertz CT molecular complexity index is 848. The largest absolute Gasteiger partial charge is 0.387 e. The molecule has 13 nitrogen and oxygen atoms in total. The molecule has 0 fully saturated rings. The molecule has 0 aliphatic carbocycles. The molecular weight excluding hydrogens is 542 g/mol. The Hall–Kier alpha value is -2.32. The predicted molar refractivity (Wildman–Crippen MR) is 167 cm³/mol. The number of carbonyl (C=O) groups excluding carboxylic acids is 2. The van der Waals surface area contributed by atoms with Crippen LogP contribution in [-0.4, -0.2) is 106 Å². The maximum atomic E-state index is 12.3. The van der Waals surface area contributed by atoms with Crippen LogP contribution in [0.1, 0.15) is 99.3 Å². The van der Waals surface area contributed by atoms with Crippen molar-refractivity contribution in [2.24, 2.45) is 21.5 Å². The number of amidine groups is 2. The molecule has 0 heterocycles. The zero-order valence-electron chi connectivity index (χ0n) is 26.7. The molecule has 0 aliphatic heterocycles. The minimum absolute atomic E-state index is 0.0396. The Morgan fingerprint density at radius 2 is 1.17 bits per heavy atom. The van der Waals surface area contributed by atoms with Crippen molar-refractivity contribution in [3.63, 3.8) is 0 Å². The lowest BCUT2D eigenvalue weighted by Gasteiger charge is -2.31. The quantitative estimate of drug-likeness (QED) is 0.0438. The van der Waals surface area contributed by atoms with E-state index in [1.165, 1.54) is 0 Å². The van der Waals surface area contributed by atoms with Crippen LogP contribution in [0.25, 0.3) is 0 Å². The monoisotopic (exact) mass is 601 g/mol. The van der Waals surface area contributed by atoms with E-state index in [2.05, 4.69) is 46.7 Å². The van der Waals surface area contributed by atoms with Crippen LogP contribution in [0.3, 0.4) is 0 Å². The van der Waals surface area contributed by atoms with Gasteiger partial charge >= 0.3 is 0 Å². The fourth-order valence-corrected chi connectivity index (χ4v) is 3.81. The first-order valence-corrected chi connectivity index (χ1v) is 15.3. The lowest BCUT2D eigenvalue weighted by molar-refractivity contribution is -0.156. The van der Waals surface area contributed by atoms with Gasteiger partial charge in [-0.05, 0) is 52.9 Å². The summed E-state index contributed by atoms with van der Waals surface area (Å²) >= 11 is 0. The standard InChI is InChI=1S/C29H59N7O6/c1-7-28(4,5)35-19-18-33-21(31)15-13-11-10-12-14-20(30)32-16-17-34-26(41)24(39)22(37)23(38)25(40)27(42)36-29(6,8-2)9-3/h22-25,35,37-40H,7-19H2,1-6H3,(H2,30,32)(H2,31,33)(H,34,41)(H,36,42). The maximum Gasteiger partial charge on any atom is 0.252 e. The fraction of sp³-hybridized carbons (Fsp3) is 0.862. The third-order valence-corrected chi connectivity index (χ3v) is 7.78. The number of nitrogens with two attached hydrogens (primary N) is 2. The number of aliphatic hydroxyl groups excluding tert-OH is 4. The predicted octanol–water partition coefficient (Wildman–Crippen LogP) is 0.0743. The van der Waals surface area contributed by atoms with Gasteiger partial charge in [0.05, 0.1) is 24.8 Å². The summed E-state index contributed by atoms with van der Waals surface area (Å²) in [6.45, 7) is 13.7. The van der Waals surface area contributed by atoms with Gasteiger partial charge in [0.2, 0.25) is 0 Å². The zero-order chi connectivity index (χ0) is 32.3. The van der Waals surface area contributed by atoms with Crippen LogP contribution in [0.15, 0.2) is 9.98 Å². The van der Waals surface area contributed by atoms with E-state index in [1.807, 2.05) is 13.8 Å². The summed E-state index contributed by atoms with van der Waals surface area (Å²) in [6.07, 6.45) is -0.853. The van der Waals surface area contributed by atoms with Gasteiger partial charge in [-0.25, -0.2) is 0 Å². The average molecular weight is 602 g/mol. The summed E-state index contributed by atoms with van der Waals surface area (Å²) in [6, 6.07) is 0. The third kappa shape index (κ3) is 16.4. The fourth-order valence-electron chi connectivity index (χ4n) is 3.81. The molecule has 42 heavy (non-hydrogen) atoms. The van der Waals surface area contributed by atoms with Gasteiger partial charge in [0, 0.05) is 37.0 Å². The number of nitrogens with one attached hydrogen (secondary N) is 3. The molecule has 0 radical (unpaired) electrons. The maximum absolute atomic E-state index is 12.3. The van der Waals surface area contributed by atoms with E-state index in [1.54, 1.807) is 6.92 Å². The highest BCUT2D eigenvalue weighted by atomic mass is 16.4. The summed E-state index contributed by atoms with van der Waals surface area (Å²) in [5.41, 5.74) is 11.4. The van der Waals surface area contributed by atoms with E-state index in [-0.39, 0.29) is 18.6 Å². The highest BCUT2D eigenvalue weighted by Gasteiger charge is 2.38. The van der Waals surface area contributed by atoms with Gasteiger partial charge < -0.3 is 47.8 Å². The van der Waals surface area contributed by atoms with Gasteiger partial charge in [-0.2, -0.15) is 0 Å². The molecule has 246 valence electrons. The van der Waals surface area contributed by atoms with Crippen molar-refractivity contribution in [1.29, 1.82) is 0 Å². The number of amides is 2. The molecule has 0 aromatic rings. The summed E-state index contributed by atoms with van der Waals surface area (Å²) in [5.74, 6) is -0.754. The number of aliphatic hydroxyl groups is 4. The van der Waals surface area contributed by atoms with Gasteiger partial charge in [-0.3, -0.25) is 19.6 Å². The average Bonchev–Trinajstić information content (AvgIpc) is 2.97. The SMILES string of the molecule is CCC(C)(C)NCCN=C(N)CCCCCCC(N)=NCCNC(=O)C(O)C(O)C(O)C(O)C(=O)NC(C)(CC)CC. The third-order valence-electron chi connectivity index (χ3n) is 7.78. The number of nitrogens with zero attached hydrogens (tertiary/aromatic N) is 2. The first-order valence-electron chi connectivity index (χ1n) is 15.3. The molecule has 4 atom stereocenters. The number of rotatable bonds is 23. The molecule has 4 unspecified atom stereocenters. The molecule has 0 bridgehead atoms. The van der Waals surface area contributed by atoms with Crippen LogP contribution in [0.4, 0.5) is 0 Å². The van der Waals surface area contributed by atoms with Gasteiger partial charge in [0.1, 0.15) is 12.2 Å². The molecule has 0 rings (SSSR count). The summed E-state index contributed by atoms with van der Waals surface area (Å²) in [7, 11) is 0. The van der Waals surface area contributed by atoms with E-state index in [4.69, 9.17) is 11.5 Å². The van der Waals surface area contributed by atoms with Crippen molar-refractivity contribution in [2.75, 3.05) is 26.2 Å². The molecule has 0 saturated carbocycles. The number of aliphatic imine (C=N–C) groups is 2. The molecule has 11 N–H and O–H groups in total. The van der Waals surface area contributed by atoms with Crippen molar-refractivity contribution in [1.82, 2.24) is 16.0 Å². The Balaban J connectivity index is 4.25. The lowest BCUT2D eigenvalue weighted by atomic mass is 9.94. The number of hydrogen-bond acceptors (Lipinski definition) is 9. The van der Waals surface area contributed by atoms with Crippen molar-refractivity contribution in [3.8, 4) is 0 Å². The van der Waals surface area contributed by atoms with Crippen molar-refractivity contribution in [2.45, 2.75) is 135 Å². The molecule has 0 spiro atoms. The highest BCUT2D eigenvalue weighted by Crippen LogP contribution is 2.15. The summed E-state index contributed by atoms with van der Waals surface area (Å²) < 4.78 is 0. The molecule has 2 amide bonds. The number of hydrogen-bond donors (Lipinski definition) is 9. The molecule has 0 saturated heterocycles. The van der Waals surface area contributed by atoms with Gasteiger partial charge in [-0.1, -0.05) is 33.6 Å². The van der Waals surface area contributed by atoms with E-state index in [0.29, 0.717) is 37.5 Å². The molecule has 0 aliphatic rings. The van der Waals surface area contributed by atoms with Crippen molar-refractivity contribution < 1.29 is 30.0 Å².